The summed E-state index contributed by atoms with van der Waals surface area (Å²) in [5.41, 5.74) is 4.77. The van der Waals surface area contributed by atoms with Crippen LogP contribution in [-0.2, 0) is 19.1 Å². The molecule has 7 rings (SSSR count). The number of thioether (sulfide) groups is 1. The van der Waals surface area contributed by atoms with Crippen molar-refractivity contribution in [2.45, 2.75) is 9.49 Å². The Bertz CT molecular complexity index is 1470. The van der Waals surface area contributed by atoms with Gasteiger partial charge in [-0.15, -0.1) is 11.8 Å². The number of amides is 2. The van der Waals surface area contributed by atoms with Crippen LogP contribution in [0.2, 0.25) is 0 Å². The second-order valence-electron chi connectivity index (χ2n) is 9.88. The summed E-state index contributed by atoms with van der Waals surface area (Å²) in [6.45, 7) is 0. The van der Waals surface area contributed by atoms with Crippen molar-refractivity contribution >= 4 is 29.3 Å². The van der Waals surface area contributed by atoms with E-state index >= 15 is 0 Å². The Labute approximate surface area is 225 Å². The third kappa shape index (κ3) is 2.78. The number of carbonyl (C=O) groups is 2. The summed E-state index contributed by atoms with van der Waals surface area (Å²) in [6.07, 6.45) is 0. The summed E-state index contributed by atoms with van der Waals surface area (Å²) >= 11 is 1.74. The van der Waals surface area contributed by atoms with Crippen LogP contribution >= 0.6 is 11.8 Å². The highest BCUT2D eigenvalue weighted by Gasteiger charge is 2.77. The highest BCUT2D eigenvalue weighted by molar-refractivity contribution is 8.02. The summed E-state index contributed by atoms with van der Waals surface area (Å²) in [4.78, 5) is 30.3. The molecular formula is C32H25NO4S. The van der Waals surface area contributed by atoms with Crippen LogP contribution in [0.15, 0.2) is 103 Å². The monoisotopic (exact) mass is 519 g/mol. The lowest BCUT2D eigenvalue weighted by molar-refractivity contribution is -0.122. The van der Waals surface area contributed by atoms with Gasteiger partial charge in [0.05, 0.1) is 41.2 Å². The fraction of sp³-hybridized carbons (Fsp3) is 0.188. The first-order valence-electron chi connectivity index (χ1n) is 12.6. The van der Waals surface area contributed by atoms with Crippen LogP contribution in [0.1, 0.15) is 22.3 Å². The van der Waals surface area contributed by atoms with Gasteiger partial charge >= 0.3 is 0 Å². The van der Waals surface area contributed by atoms with E-state index in [1.165, 1.54) is 4.90 Å². The molecule has 3 aliphatic rings. The zero-order valence-electron chi connectivity index (χ0n) is 21.0. The van der Waals surface area contributed by atoms with Crippen molar-refractivity contribution < 1.29 is 19.1 Å². The molecule has 2 unspecified atom stereocenters. The Hall–Kier alpha value is -4.03. The number of anilines is 1. The number of nitrogens with zero attached hydrogens (tertiary/aromatic N) is 1. The van der Waals surface area contributed by atoms with Gasteiger partial charge in [0.1, 0.15) is 11.5 Å². The maximum atomic E-state index is 14.4. The number of hydrogen-bond donors (Lipinski definition) is 0. The number of benzene rings is 4. The topological polar surface area (TPSA) is 55.8 Å². The quantitative estimate of drug-likeness (QED) is 0.314. The molecule has 0 spiro atoms. The Morgan fingerprint density at radius 1 is 0.605 bits per heavy atom. The number of carbonyl (C=O) groups excluding carboxylic acids is 2. The van der Waals surface area contributed by atoms with E-state index in [2.05, 4.69) is 12.1 Å². The van der Waals surface area contributed by atoms with E-state index in [1.807, 2.05) is 91.0 Å². The molecule has 3 aliphatic heterocycles. The molecule has 2 saturated heterocycles. The molecule has 0 N–H and O–H groups in total. The minimum absolute atomic E-state index is 0.153. The molecule has 4 atom stereocenters. The van der Waals surface area contributed by atoms with Gasteiger partial charge in [0.2, 0.25) is 11.8 Å². The zero-order valence-corrected chi connectivity index (χ0v) is 21.8. The average molecular weight is 520 g/mol. The van der Waals surface area contributed by atoms with Gasteiger partial charge in [-0.25, -0.2) is 4.90 Å². The van der Waals surface area contributed by atoms with Crippen LogP contribution in [0.4, 0.5) is 5.69 Å². The molecule has 4 aromatic carbocycles. The molecule has 5 nitrogen and oxygen atoms in total. The third-order valence-corrected chi connectivity index (χ3v) is 10.3. The highest BCUT2D eigenvalue weighted by atomic mass is 32.2. The second-order valence-corrected chi connectivity index (χ2v) is 11.4. The van der Waals surface area contributed by atoms with E-state index in [1.54, 1.807) is 26.0 Å². The summed E-state index contributed by atoms with van der Waals surface area (Å²) in [7, 11) is 3.29. The number of rotatable bonds is 5. The fourth-order valence-corrected chi connectivity index (χ4v) is 9.06. The number of hydrogen-bond acceptors (Lipinski definition) is 5. The smallest absolute Gasteiger partial charge is 0.239 e. The van der Waals surface area contributed by atoms with Crippen LogP contribution in [0.3, 0.4) is 0 Å². The molecule has 0 saturated carbocycles. The van der Waals surface area contributed by atoms with Crippen LogP contribution < -0.4 is 14.4 Å². The predicted octanol–water partition coefficient (Wildman–Crippen LogP) is 5.76. The van der Waals surface area contributed by atoms with Gasteiger partial charge in [0.15, 0.2) is 0 Å². The van der Waals surface area contributed by atoms with E-state index in [0.29, 0.717) is 5.69 Å². The van der Waals surface area contributed by atoms with Gasteiger partial charge in [-0.2, -0.15) is 0 Å². The van der Waals surface area contributed by atoms with Gasteiger partial charge in [0.25, 0.3) is 0 Å². The van der Waals surface area contributed by atoms with Crippen LogP contribution in [0, 0.1) is 11.8 Å². The molecule has 188 valence electrons. The zero-order chi connectivity index (χ0) is 26.1. The van der Waals surface area contributed by atoms with Crippen LogP contribution in [0.25, 0.3) is 0 Å². The maximum Gasteiger partial charge on any atom is 0.239 e. The lowest BCUT2D eigenvalue weighted by Crippen LogP contribution is -2.42. The number of ether oxygens (including phenoxy) is 2. The predicted molar refractivity (Wildman–Crippen MR) is 147 cm³/mol. The van der Waals surface area contributed by atoms with Gasteiger partial charge < -0.3 is 9.47 Å². The molecule has 38 heavy (non-hydrogen) atoms. The second kappa shape index (κ2) is 8.23. The highest BCUT2D eigenvalue weighted by Crippen LogP contribution is 2.78. The first kappa shape index (κ1) is 23.1. The van der Waals surface area contributed by atoms with Crippen molar-refractivity contribution in [2.24, 2.45) is 11.8 Å². The summed E-state index contributed by atoms with van der Waals surface area (Å²) in [5, 5.41) is 0. The molecule has 3 heterocycles. The largest absolute Gasteiger partial charge is 0.497 e. The van der Waals surface area contributed by atoms with Crippen molar-refractivity contribution in [1.82, 2.24) is 0 Å². The minimum atomic E-state index is -0.732. The summed E-state index contributed by atoms with van der Waals surface area (Å²) in [5.74, 6) is 0.0595. The number of para-hydroxylation sites is 1. The Morgan fingerprint density at radius 2 is 1.03 bits per heavy atom. The van der Waals surface area contributed by atoms with Crippen LogP contribution in [0.5, 0.6) is 11.5 Å². The molecule has 0 aromatic heterocycles. The van der Waals surface area contributed by atoms with Crippen molar-refractivity contribution in [2.75, 3.05) is 19.1 Å². The molecule has 2 bridgehead atoms. The standard InChI is InChI=1S/C32H25NO4S/c1-36-23-16-12-20(13-17-23)31-25-10-6-7-11-26(25)32(38-31,21-14-18-24(37-2)19-15-21)28-27(31)29(34)33(30(28)35)22-8-4-3-5-9-22/h3-19,27-28H,1-2H3/t27-,28+,31?,32?. The molecule has 0 aliphatic carbocycles. The van der Waals surface area contributed by atoms with Crippen molar-refractivity contribution in [3.05, 3.63) is 125 Å². The van der Waals surface area contributed by atoms with E-state index in [-0.39, 0.29) is 11.8 Å². The SMILES string of the molecule is COc1ccc(C23SC(c4ccc(OC)cc4)(c4ccccc42)[C@H]2C(=O)N(c4ccccc4)C(=O)[C@H]23)cc1. The lowest BCUT2D eigenvalue weighted by atomic mass is 9.61. The number of imide groups is 1. The normalized spacial score (nSPS) is 26.8. The average Bonchev–Trinajstić information content (AvgIpc) is 3.57. The molecular weight excluding hydrogens is 494 g/mol. The Kier molecular flexibility index (Phi) is 5.01. The Balaban J connectivity index is 1.53. The Morgan fingerprint density at radius 3 is 1.45 bits per heavy atom. The van der Waals surface area contributed by atoms with E-state index in [9.17, 15) is 9.59 Å². The lowest BCUT2D eigenvalue weighted by Gasteiger charge is -2.36. The van der Waals surface area contributed by atoms with Gasteiger partial charge in [-0.1, -0.05) is 66.7 Å². The fourth-order valence-electron chi connectivity index (χ4n) is 6.74. The summed E-state index contributed by atoms with van der Waals surface area (Å²) in [6, 6.07) is 33.5. The number of methoxy groups -OCH3 is 2. The first-order valence-corrected chi connectivity index (χ1v) is 13.4. The van der Waals surface area contributed by atoms with E-state index in [4.69, 9.17) is 9.47 Å². The molecule has 2 fully saturated rings. The molecule has 2 amide bonds. The molecule has 0 radical (unpaired) electrons. The van der Waals surface area contributed by atoms with Crippen molar-refractivity contribution in [1.29, 1.82) is 0 Å². The molecule has 4 aromatic rings. The van der Waals surface area contributed by atoms with E-state index in [0.717, 1.165) is 33.8 Å². The molecule has 6 heteroatoms. The maximum absolute atomic E-state index is 14.4. The first-order chi connectivity index (χ1) is 18.6. The minimum Gasteiger partial charge on any atom is -0.497 e. The van der Waals surface area contributed by atoms with Crippen molar-refractivity contribution in [3.63, 3.8) is 0 Å². The van der Waals surface area contributed by atoms with Crippen LogP contribution in [-0.4, -0.2) is 26.0 Å². The third-order valence-electron chi connectivity index (χ3n) is 8.28. The van der Waals surface area contributed by atoms with Gasteiger partial charge in [-0.05, 0) is 58.7 Å². The van der Waals surface area contributed by atoms with Gasteiger partial charge in [0, 0.05) is 0 Å². The van der Waals surface area contributed by atoms with E-state index < -0.39 is 21.3 Å². The van der Waals surface area contributed by atoms with Gasteiger partial charge in [-0.3, -0.25) is 9.59 Å². The van der Waals surface area contributed by atoms with Crippen molar-refractivity contribution in [3.8, 4) is 11.5 Å². The number of fused-ring (bicyclic) bond motifs is 8. The summed E-state index contributed by atoms with van der Waals surface area (Å²) < 4.78 is 9.42.